The molecule has 0 radical (unpaired) electrons. The second kappa shape index (κ2) is 8.01. The monoisotopic (exact) mass is 342 g/mol. The van der Waals surface area contributed by atoms with Crippen molar-refractivity contribution in [1.82, 2.24) is 5.32 Å². The van der Waals surface area contributed by atoms with Gasteiger partial charge in [-0.2, -0.15) is 0 Å². The molecule has 0 saturated carbocycles. The first kappa shape index (κ1) is 16.7. The molecular formula is C14H19BrN2O3. The lowest BCUT2D eigenvalue weighted by Crippen LogP contribution is -2.39. The molecule has 0 aliphatic heterocycles. The second-order valence-corrected chi connectivity index (χ2v) is 5.87. The van der Waals surface area contributed by atoms with Crippen molar-refractivity contribution in [3.8, 4) is 0 Å². The number of benzene rings is 1. The van der Waals surface area contributed by atoms with Crippen LogP contribution in [0.3, 0.4) is 0 Å². The van der Waals surface area contributed by atoms with E-state index in [0.29, 0.717) is 18.0 Å². The normalized spacial score (nSPS) is 12.1. The van der Waals surface area contributed by atoms with Crippen LogP contribution in [0.5, 0.6) is 0 Å². The Morgan fingerprint density at radius 1 is 1.20 bits per heavy atom. The van der Waals surface area contributed by atoms with Crippen LogP contribution in [0.2, 0.25) is 0 Å². The van der Waals surface area contributed by atoms with Gasteiger partial charge in [0, 0.05) is 16.7 Å². The van der Waals surface area contributed by atoms with E-state index in [-0.39, 0.29) is 6.54 Å². The number of carbonyl (C=O) groups is 2. The maximum absolute atomic E-state index is 11.6. The van der Waals surface area contributed by atoms with Crippen molar-refractivity contribution in [3.63, 3.8) is 0 Å². The zero-order valence-electron chi connectivity index (χ0n) is 11.5. The Kier molecular flexibility index (Phi) is 6.67. The van der Waals surface area contributed by atoms with Crippen LogP contribution in [-0.4, -0.2) is 29.6 Å². The standard InChI is InChI=1S/C14H19BrN2O3/c1-9(2)7-12(18)8-16-13(19)14(20)17-11-5-3-10(15)4-6-11/h3-6,9,12,18H,7-8H2,1-2H3,(H,16,19)(H,17,20). The highest BCUT2D eigenvalue weighted by molar-refractivity contribution is 9.10. The summed E-state index contributed by atoms with van der Waals surface area (Å²) in [6, 6.07) is 6.89. The highest BCUT2D eigenvalue weighted by Crippen LogP contribution is 2.13. The molecule has 0 aliphatic rings. The van der Waals surface area contributed by atoms with Crippen molar-refractivity contribution < 1.29 is 14.7 Å². The molecule has 20 heavy (non-hydrogen) atoms. The molecule has 6 heteroatoms. The lowest BCUT2D eigenvalue weighted by Gasteiger charge is -2.13. The summed E-state index contributed by atoms with van der Waals surface area (Å²) in [7, 11) is 0. The fourth-order valence-corrected chi connectivity index (χ4v) is 1.90. The summed E-state index contributed by atoms with van der Waals surface area (Å²) in [5.41, 5.74) is 0.538. The highest BCUT2D eigenvalue weighted by Gasteiger charge is 2.15. The van der Waals surface area contributed by atoms with E-state index < -0.39 is 17.9 Å². The Balaban J connectivity index is 2.39. The molecule has 1 aromatic carbocycles. The molecular weight excluding hydrogens is 324 g/mol. The zero-order valence-corrected chi connectivity index (χ0v) is 13.1. The van der Waals surface area contributed by atoms with Gasteiger partial charge in [0.05, 0.1) is 6.10 Å². The molecule has 1 aromatic rings. The predicted octanol–water partition coefficient (Wildman–Crippen LogP) is 1.91. The summed E-state index contributed by atoms with van der Waals surface area (Å²) in [4.78, 5) is 23.2. The molecule has 0 fully saturated rings. The van der Waals surface area contributed by atoms with Gasteiger partial charge in [0.1, 0.15) is 0 Å². The van der Waals surface area contributed by atoms with Crippen molar-refractivity contribution in [1.29, 1.82) is 0 Å². The van der Waals surface area contributed by atoms with Gasteiger partial charge < -0.3 is 15.7 Å². The summed E-state index contributed by atoms with van der Waals surface area (Å²) in [5.74, 6) is -1.17. The van der Waals surface area contributed by atoms with E-state index in [1.54, 1.807) is 24.3 Å². The maximum atomic E-state index is 11.6. The molecule has 0 spiro atoms. The smallest absolute Gasteiger partial charge is 0.313 e. The van der Waals surface area contributed by atoms with Gasteiger partial charge in [0.2, 0.25) is 0 Å². The van der Waals surface area contributed by atoms with Crippen molar-refractivity contribution in [3.05, 3.63) is 28.7 Å². The first-order valence-electron chi connectivity index (χ1n) is 6.41. The van der Waals surface area contributed by atoms with E-state index in [9.17, 15) is 14.7 Å². The molecule has 0 aromatic heterocycles. The Bertz CT molecular complexity index is 460. The molecule has 5 nitrogen and oxygen atoms in total. The number of aliphatic hydroxyl groups is 1. The summed E-state index contributed by atoms with van der Waals surface area (Å²) in [6.45, 7) is 4.03. The van der Waals surface area contributed by atoms with Gasteiger partial charge in [0.25, 0.3) is 0 Å². The molecule has 3 N–H and O–H groups in total. The van der Waals surface area contributed by atoms with Crippen molar-refractivity contribution in [2.45, 2.75) is 26.4 Å². The van der Waals surface area contributed by atoms with Crippen molar-refractivity contribution in [2.24, 2.45) is 5.92 Å². The maximum Gasteiger partial charge on any atom is 0.313 e. The van der Waals surface area contributed by atoms with Crippen LogP contribution in [-0.2, 0) is 9.59 Å². The second-order valence-electron chi connectivity index (χ2n) is 4.95. The van der Waals surface area contributed by atoms with Gasteiger partial charge in [-0.3, -0.25) is 9.59 Å². The molecule has 0 bridgehead atoms. The molecule has 0 saturated heterocycles. The SMILES string of the molecule is CC(C)CC(O)CNC(=O)C(=O)Nc1ccc(Br)cc1. The van der Waals surface area contributed by atoms with Gasteiger partial charge in [-0.1, -0.05) is 29.8 Å². The fraction of sp³-hybridized carbons (Fsp3) is 0.429. The summed E-state index contributed by atoms with van der Waals surface area (Å²) < 4.78 is 0.886. The summed E-state index contributed by atoms with van der Waals surface area (Å²) in [6.07, 6.45) is -0.0614. The van der Waals surface area contributed by atoms with Crippen LogP contribution in [0, 0.1) is 5.92 Å². The zero-order chi connectivity index (χ0) is 15.1. The predicted molar refractivity (Wildman–Crippen MR) is 81.2 cm³/mol. The number of nitrogens with one attached hydrogen (secondary N) is 2. The van der Waals surface area contributed by atoms with Gasteiger partial charge in [-0.05, 0) is 36.6 Å². The van der Waals surface area contributed by atoms with E-state index in [1.165, 1.54) is 0 Å². The van der Waals surface area contributed by atoms with Gasteiger partial charge >= 0.3 is 11.8 Å². The summed E-state index contributed by atoms with van der Waals surface area (Å²) in [5, 5.41) is 14.5. The fourth-order valence-electron chi connectivity index (χ4n) is 1.64. The van der Waals surface area contributed by atoms with Gasteiger partial charge in [-0.25, -0.2) is 0 Å². The van der Waals surface area contributed by atoms with E-state index in [2.05, 4.69) is 26.6 Å². The molecule has 110 valence electrons. The van der Waals surface area contributed by atoms with E-state index in [0.717, 1.165) is 4.47 Å². The number of hydrogen-bond acceptors (Lipinski definition) is 3. The van der Waals surface area contributed by atoms with Crippen molar-refractivity contribution >= 4 is 33.4 Å². The first-order valence-corrected chi connectivity index (χ1v) is 7.20. The molecule has 1 atom stereocenters. The molecule has 1 unspecified atom stereocenters. The minimum absolute atomic E-state index is 0.0742. The van der Waals surface area contributed by atoms with E-state index in [4.69, 9.17) is 0 Å². The lowest BCUT2D eigenvalue weighted by atomic mass is 10.1. The lowest BCUT2D eigenvalue weighted by molar-refractivity contribution is -0.136. The number of anilines is 1. The third-order valence-corrected chi connectivity index (χ3v) is 3.08. The molecule has 1 rings (SSSR count). The molecule has 0 heterocycles. The third-order valence-electron chi connectivity index (χ3n) is 2.55. The average molecular weight is 343 g/mol. The number of rotatable bonds is 5. The Morgan fingerprint density at radius 2 is 1.80 bits per heavy atom. The van der Waals surface area contributed by atoms with Gasteiger partial charge in [0.15, 0.2) is 0 Å². The van der Waals surface area contributed by atoms with Crippen LogP contribution in [0.1, 0.15) is 20.3 Å². The summed E-state index contributed by atoms with van der Waals surface area (Å²) >= 11 is 3.28. The number of amides is 2. The number of halogens is 1. The highest BCUT2D eigenvalue weighted by atomic mass is 79.9. The van der Waals surface area contributed by atoms with E-state index >= 15 is 0 Å². The largest absolute Gasteiger partial charge is 0.391 e. The first-order chi connectivity index (χ1) is 9.38. The van der Waals surface area contributed by atoms with Crippen LogP contribution in [0.4, 0.5) is 5.69 Å². The van der Waals surface area contributed by atoms with Crippen molar-refractivity contribution in [2.75, 3.05) is 11.9 Å². The van der Waals surface area contributed by atoms with Crippen LogP contribution in [0.25, 0.3) is 0 Å². The number of aliphatic hydroxyl groups excluding tert-OH is 1. The average Bonchev–Trinajstić information content (AvgIpc) is 2.37. The van der Waals surface area contributed by atoms with E-state index in [1.807, 2.05) is 13.8 Å². The third kappa shape index (κ3) is 6.16. The Hall–Kier alpha value is -1.40. The molecule has 0 aliphatic carbocycles. The number of hydrogen-bond donors (Lipinski definition) is 3. The molecule has 2 amide bonds. The topological polar surface area (TPSA) is 78.4 Å². The van der Waals surface area contributed by atoms with Gasteiger partial charge in [-0.15, -0.1) is 0 Å². The minimum atomic E-state index is -0.754. The van der Waals surface area contributed by atoms with Crippen LogP contribution < -0.4 is 10.6 Å². The Labute approximate surface area is 126 Å². The number of carbonyl (C=O) groups excluding carboxylic acids is 2. The van der Waals surface area contributed by atoms with Crippen LogP contribution in [0.15, 0.2) is 28.7 Å². The minimum Gasteiger partial charge on any atom is -0.391 e. The Morgan fingerprint density at radius 3 is 2.35 bits per heavy atom. The van der Waals surface area contributed by atoms with Crippen LogP contribution >= 0.6 is 15.9 Å². The quantitative estimate of drug-likeness (QED) is 0.715.